The molecule has 1 atom stereocenters. The highest BCUT2D eigenvalue weighted by Crippen LogP contribution is 2.34. The monoisotopic (exact) mass is 467 g/mol. The summed E-state index contributed by atoms with van der Waals surface area (Å²) in [5.74, 6) is -2.18. The zero-order valence-electron chi connectivity index (χ0n) is 17.9. The maximum absolute atomic E-state index is 13.9. The summed E-state index contributed by atoms with van der Waals surface area (Å²) in [4.78, 5) is 27.0. The average Bonchev–Trinajstić information content (AvgIpc) is 3.26. The van der Waals surface area contributed by atoms with Crippen molar-refractivity contribution in [3.8, 4) is 5.69 Å². The van der Waals surface area contributed by atoms with Crippen molar-refractivity contribution in [3.63, 3.8) is 0 Å². The molecule has 0 radical (unpaired) electrons. The van der Waals surface area contributed by atoms with Gasteiger partial charge in [0.05, 0.1) is 11.6 Å². The van der Waals surface area contributed by atoms with Crippen LogP contribution >= 0.6 is 0 Å². The molecule has 1 saturated carbocycles. The lowest BCUT2D eigenvalue weighted by Gasteiger charge is -2.33. The van der Waals surface area contributed by atoms with Crippen LogP contribution in [0.2, 0.25) is 0 Å². The Labute approximate surface area is 188 Å². The van der Waals surface area contributed by atoms with Crippen LogP contribution in [0.5, 0.6) is 0 Å². The van der Waals surface area contributed by atoms with Crippen molar-refractivity contribution in [1.82, 2.24) is 25.2 Å². The summed E-state index contributed by atoms with van der Waals surface area (Å²) < 4.78 is 55.4. The number of piperidine rings is 1. The molecule has 1 aliphatic heterocycles. The largest absolute Gasteiger partial charge is 0.435 e. The second-order valence-electron chi connectivity index (χ2n) is 8.61. The summed E-state index contributed by atoms with van der Waals surface area (Å²) in [5.41, 5.74) is -2.23. The Bertz CT molecular complexity index is 999. The van der Waals surface area contributed by atoms with Gasteiger partial charge in [0.15, 0.2) is 11.4 Å². The van der Waals surface area contributed by atoms with Crippen LogP contribution in [-0.4, -0.2) is 50.8 Å². The van der Waals surface area contributed by atoms with Crippen LogP contribution in [0.1, 0.15) is 61.1 Å². The van der Waals surface area contributed by atoms with Crippen LogP contribution in [0, 0.1) is 11.7 Å². The highest BCUT2D eigenvalue weighted by Gasteiger charge is 2.43. The third kappa shape index (κ3) is 5.17. The zero-order chi connectivity index (χ0) is 23.6. The molecule has 2 heterocycles. The van der Waals surface area contributed by atoms with Gasteiger partial charge >= 0.3 is 6.18 Å². The molecule has 0 bridgehead atoms. The van der Waals surface area contributed by atoms with E-state index in [9.17, 15) is 27.2 Å². The molecule has 2 amide bonds. The predicted molar refractivity (Wildman–Crippen MR) is 110 cm³/mol. The number of nitrogens with one attached hydrogen (secondary N) is 1. The van der Waals surface area contributed by atoms with Crippen molar-refractivity contribution in [3.05, 3.63) is 41.5 Å². The fraction of sp³-hybridized carbons (Fsp3) is 0.545. The van der Waals surface area contributed by atoms with Gasteiger partial charge in [0.2, 0.25) is 5.91 Å². The quantitative estimate of drug-likeness (QED) is 0.695. The van der Waals surface area contributed by atoms with Crippen LogP contribution in [0.4, 0.5) is 17.6 Å². The van der Waals surface area contributed by atoms with Crippen LogP contribution in [0.15, 0.2) is 24.3 Å². The number of alkyl halides is 3. The lowest BCUT2D eigenvalue weighted by molar-refractivity contribution is -0.143. The molecule has 1 N–H and O–H groups in total. The van der Waals surface area contributed by atoms with E-state index < -0.39 is 35.2 Å². The van der Waals surface area contributed by atoms with Gasteiger partial charge in [-0.2, -0.15) is 13.2 Å². The molecule has 0 spiro atoms. The number of rotatable bonds is 4. The number of carbonyl (C=O) groups excluding carboxylic acids is 2. The minimum Gasteiger partial charge on any atom is -0.353 e. The van der Waals surface area contributed by atoms with Gasteiger partial charge < -0.3 is 10.2 Å². The average molecular weight is 467 g/mol. The Morgan fingerprint density at radius 2 is 1.70 bits per heavy atom. The lowest BCUT2D eigenvalue weighted by atomic mass is 9.93. The first-order chi connectivity index (χ1) is 15.7. The van der Waals surface area contributed by atoms with E-state index >= 15 is 0 Å². The summed E-state index contributed by atoms with van der Waals surface area (Å²) in [6.45, 7) is 0.255. The fourth-order valence-electron chi connectivity index (χ4n) is 4.53. The van der Waals surface area contributed by atoms with E-state index in [-0.39, 0.29) is 30.7 Å². The standard InChI is InChI=1S/C22H25F4N5O2/c23-15-8-10-17(11-9-15)31-19(22(24,25)26)18(28-29-31)21(33)30-12-4-5-14(13-30)20(32)27-16-6-2-1-3-7-16/h8-11,14,16H,1-7,12-13H2,(H,27,32). The number of likely N-dealkylation sites (tertiary alicyclic amines) is 1. The van der Waals surface area contributed by atoms with Crippen LogP contribution < -0.4 is 5.32 Å². The van der Waals surface area contributed by atoms with E-state index in [1.807, 2.05) is 0 Å². The Kier molecular flexibility index (Phi) is 6.66. The number of amides is 2. The van der Waals surface area contributed by atoms with Gasteiger partial charge in [0, 0.05) is 19.1 Å². The van der Waals surface area contributed by atoms with Crippen molar-refractivity contribution in [2.45, 2.75) is 57.2 Å². The zero-order valence-corrected chi connectivity index (χ0v) is 17.9. The van der Waals surface area contributed by atoms with Crippen molar-refractivity contribution < 1.29 is 27.2 Å². The Morgan fingerprint density at radius 3 is 2.36 bits per heavy atom. The molecule has 178 valence electrons. The molecule has 2 aromatic rings. The molecular formula is C22H25F4N5O2. The number of hydrogen-bond acceptors (Lipinski definition) is 4. The number of hydrogen-bond donors (Lipinski definition) is 1. The first kappa shape index (κ1) is 23.2. The van der Waals surface area contributed by atoms with Gasteiger partial charge in [-0.1, -0.05) is 24.5 Å². The third-order valence-electron chi connectivity index (χ3n) is 6.24. The summed E-state index contributed by atoms with van der Waals surface area (Å²) in [6.07, 6.45) is 1.26. The normalized spacial score (nSPS) is 20.0. The lowest BCUT2D eigenvalue weighted by Crippen LogP contribution is -2.48. The van der Waals surface area contributed by atoms with E-state index in [1.54, 1.807) is 0 Å². The number of benzene rings is 1. The number of aromatic nitrogens is 3. The van der Waals surface area contributed by atoms with E-state index in [0.29, 0.717) is 17.5 Å². The van der Waals surface area contributed by atoms with E-state index in [1.165, 1.54) is 4.90 Å². The molecule has 1 saturated heterocycles. The van der Waals surface area contributed by atoms with Crippen LogP contribution in [-0.2, 0) is 11.0 Å². The fourth-order valence-corrected chi connectivity index (χ4v) is 4.53. The molecule has 4 rings (SSSR count). The molecule has 1 aliphatic carbocycles. The second kappa shape index (κ2) is 9.48. The highest BCUT2D eigenvalue weighted by molar-refractivity contribution is 5.94. The number of nitrogens with zero attached hydrogens (tertiary/aromatic N) is 4. The van der Waals surface area contributed by atoms with Gasteiger partial charge in [-0.15, -0.1) is 5.10 Å². The highest BCUT2D eigenvalue weighted by atomic mass is 19.4. The summed E-state index contributed by atoms with van der Waals surface area (Å²) >= 11 is 0. The van der Waals surface area contributed by atoms with Gasteiger partial charge in [-0.3, -0.25) is 9.59 Å². The van der Waals surface area contributed by atoms with Crippen molar-refractivity contribution in [1.29, 1.82) is 0 Å². The summed E-state index contributed by atoms with van der Waals surface area (Å²) in [6, 6.07) is 4.36. The molecule has 1 aromatic heterocycles. The minimum absolute atomic E-state index is 0.0259. The van der Waals surface area contributed by atoms with Crippen LogP contribution in [0.25, 0.3) is 5.69 Å². The Morgan fingerprint density at radius 1 is 1.00 bits per heavy atom. The minimum atomic E-state index is -4.92. The van der Waals surface area contributed by atoms with E-state index in [0.717, 1.165) is 56.4 Å². The smallest absolute Gasteiger partial charge is 0.353 e. The molecule has 33 heavy (non-hydrogen) atoms. The SMILES string of the molecule is O=C(NC1CCCCC1)C1CCCN(C(=O)c2nnn(-c3ccc(F)cc3)c2C(F)(F)F)C1. The maximum Gasteiger partial charge on any atom is 0.435 e. The van der Waals surface area contributed by atoms with Gasteiger partial charge in [0.1, 0.15) is 5.82 Å². The van der Waals surface area contributed by atoms with Crippen molar-refractivity contribution in [2.24, 2.45) is 5.92 Å². The topological polar surface area (TPSA) is 80.1 Å². The van der Waals surface area contributed by atoms with Crippen molar-refractivity contribution >= 4 is 11.8 Å². The van der Waals surface area contributed by atoms with E-state index in [2.05, 4.69) is 15.6 Å². The Hall–Kier alpha value is -2.98. The molecule has 7 nitrogen and oxygen atoms in total. The second-order valence-corrected chi connectivity index (χ2v) is 8.61. The third-order valence-corrected chi connectivity index (χ3v) is 6.24. The molecule has 11 heteroatoms. The summed E-state index contributed by atoms with van der Waals surface area (Å²) in [7, 11) is 0. The Balaban J connectivity index is 1.53. The van der Waals surface area contributed by atoms with E-state index in [4.69, 9.17) is 0 Å². The van der Waals surface area contributed by atoms with Crippen LogP contribution in [0.3, 0.4) is 0 Å². The molecular weight excluding hydrogens is 442 g/mol. The van der Waals surface area contributed by atoms with Gasteiger partial charge in [-0.25, -0.2) is 9.07 Å². The maximum atomic E-state index is 13.9. The molecule has 1 unspecified atom stereocenters. The predicted octanol–water partition coefficient (Wildman–Crippen LogP) is 3.73. The van der Waals surface area contributed by atoms with Gasteiger partial charge in [-0.05, 0) is 49.9 Å². The summed E-state index contributed by atoms with van der Waals surface area (Å²) in [5, 5.41) is 10.1. The van der Waals surface area contributed by atoms with Crippen molar-refractivity contribution in [2.75, 3.05) is 13.1 Å². The molecule has 2 fully saturated rings. The number of halogens is 4. The first-order valence-electron chi connectivity index (χ1n) is 11.1. The molecule has 1 aromatic carbocycles. The molecule has 2 aliphatic rings. The first-order valence-corrected chi connectivity index (χ1v) is 11.1. The van der Waals surface area contributed by atoms with Gasteiger partial charge in [0.25, 0.3) is 5.91 Å². The number of carbonyl (C=O) groups is 2.